The molecule has 0 radical (unpaired) electrons. The molecule has 0 aliphatic heterocycles. The first-order valence-electron chi connectivity index (χ1n) is 7.50. The second-order valence-electron chi connectivity index (χ2n) is 5.72. The zero-order chi connectivity index (χ0) is 14.5. The molecule has 1 saturated carbocycles. The zero-order valence-electron chi connectivity index (χ0n) is 12.1. The molecule has 0 unspecified atom stereocenters. The average molecular weight is 276 g/mol. The molecule has 110 valence electrons. The maximum Gasteiger partial charge on any atom is 0.255 e. The van der Waals surface area contributed by atoms with E-state index in [0.717, 1.165) is 18.8 Å². The summed E-state index contributed by atoms with van der Waals surface area (Å²) < 4.78 is 0. The van der Waals surface area contributed by atoms with Crippen LogP contribution in [0.1, 0.15) is 55.8 Å². The Morgan fingerprint density at radius 2 is 2.05 bits per heavy atom. The van der Waals surface area contributed by atoms with Crippen LogP contribution in [0.2, 0.25) is 0 Å². The second-order valence-corrected chi connectivity index (χ2v) is 5.72. The van der Waals surface area contributed by atoms with Crippen LogP contribution in [0.15, 0.2) is 18.2 Å². The highest BCUT2D eigenvalue weighted by molar-refractivity contribution is 5.98. The molecular formula is C16H24N2O2. The van der Waals surface area contributed by atoms with E-state index in [0.29, 0.717) is 0 Å². The summed E-state index contributed by atoms with van der Waals surface area (Å²) in [6.45, 7) is 2.22. The fourth-order valence-electron chi connectivity index (χ4n) is 3.01. The Morgan fingerprint density at radius 3 is 2.70 bits per heavy atom. The Bertz CT molecular complexity index is 466. The minimum absolute atomic E-state index is 0.121. The third-order valence-corrected chi connectivity index (χ3v) is 4.19. The van der Waals surface area contributed by atoms with Gasteiger partial charge < -0.3 is 16.2 Å². The van der Waals surface area contributed by atoms with Crippen LogP contribution in [0.3, 0.4) is 0 Å². The lowest BCUT2D eigenvalue weighted by Gasteiger charge is -2.29. The first-order chi connectivity index (χ1) is 9.61. The van der Waals surface area contributed by atoms with E-state index in [1.54, 1.807) is 18.2 Å². The minimum Gasteiger partial charge on any atom is -0.505 e. The maximum absolute atomic E-state index is 12.2. The van der Waals surface area contributed by atoms with E-state index in [9.17, 15) is 9.90 Å². The number of phenols is 1. The number of hydrogen-bond donors (Lipinski definition) is 3. The third-order valence-electron chi connectivity index (χ3n) is 4.19. The summed E-state index contributed by atoms with van der Waals surface area (Å²) in [5.41, 5.74) is 6.12. The highest BCUT2D eigenvalue weighted by atomic mass is 16.3. The first kappa shape index (κ1) is 14.7. The van der Waals surface area contributed by atoms with Crippen LogP contribution in [0, 0.1) is 5.92 Å². The first-order valence-corrected chi connectivity index (χ1v) is 7.50. The topological polar surface area (TPSA) is 75.4 Å². The molecule has 1 aliphatic rings. The zero-order valence-corrected chi connectivity index (χ0v) is 12.1. The van der Waals surface area contributed by atoms with Crippen LogP contribution in [-0.2, 0) is 0 Å². The van der Waals surface area contributed by atoms with Gasteiger partial charge in [-0.25, -0.2) is 0 Å². The van der Waals surface area contributed by atoms with Crippen molar-refractivity contribution in [1.29, 1.82) is 0 Å². The van der Waals surface area contributed by atoms with Gasteiger partial charge in [-0.15, -0.1) is 0 Å². The van der Waals surface area contributed by atoms with Crippen molar-refractivity contribution in [2.45, 2.75) is 51.5 Å². The second kappa shape index (κ2) is 6.64. The highest BCUT2D eigenvalue weighted by Crippen LogP contribution is 2.29. The molecule has 0 spiro atoms. The van der Waals surface area contributed by atoms with Gasteiger partial charge in [-0.2, -0.15) is 0 Å². The predicted molar refractivity (Wildman–Crippen MR) is 80.6 cm³/mol. The van der Waals surface area contributed by atoms with Crippen LogP contribution in [0.5, 0.6) is 5.75 Å². The summed E-state index contributed by atoms with van der Waals surface area (Å²) in [5, 5.41) is 12.8. The number of nitrogen functional groups attached to an aromatic ring is 1. The standard InChI is InChI=1S/C16H24N2O2/c1-2-4-11-7-9-12(10-8-11)18-16(20)13-5-3-6-14(17)15(13)19/h3,5-6,11-12,19H,2,4,7-10,17H2,1H3,(H,18,20). The van der Waals surface area contributed by atoms with Gasteiger partial charge in [0.1, 0.15) is 0 Å². The third kappa shape index (κ3) is 3.44. The fraction of sp³-hybridized carbons (Fsp3) is 0.562. The molecule has 0 heterocycles. The molecule has 1 aliphatic carbocycles. The summed E-state index contributed by atoms with van der Waals surface area (Å²) in [6.07, 6.45) is 6.94. The molecule has 20 heavy (non-hydrogen) atoms. The summed E-state index contributed by atoms with van der Waals surface area (Å²) in [5.74, 6) is 0.465. The summed E-state index contributed by atoms with van der Waals surface area (Å²) >= 11 is 0. The normalized spacial score (nSPS) is 22.4. The highest BCUT2D eigenvalue weighted by Gasteiger charge is 2.23. The van der Waals surface area contributed by atoms with Gasteiger partial charge in [-0.1, -0.05) is 25.8 Å². The van der Waals surface area contributed by atoms with Crippen LogP contribution in [0.25, 0.3) is 0 Å². The lowest BCUT2D eigenvalue weighted by Crippen LogP contribution is -2.37. The summed E-state index contributed by atoms with van der Waals surface area (Å²) in [7, 11) is 0. The molecule has 0 atom stereocenters. The van der Waals surface area contributed by atoms with Gasteiger partial charge in [-0.3, -0.25) is 4.79 Å². The molecule has 1 aromatic carbocycles. The monoisotopic (exact) mass is 276 g/mol. The van der Waals surface area contributed by atoms with Crippen LogP contribution in [0.4, 0.5) is 5.69 Å². The summed E-state index contributed by atoms with van der Waals surface area (Å²) in [4.78, 5) is 12.2. The number of amides is 1. The molecule has 2 rings (SSSR count). The van der Waals surface area contributed by atoms with Gasteiger partial charge >= 0.3 is 0 Å². The molecule has 1 amide bonds. The van der Waals surface area contributed by atoms with E-state index >= 15 is 0 Å². The van der Waals surface area contributed by atoms with Crippen molar-refractivity contribution in [1.82, 2.24) is 5.32 Å². The Hall–Kier alpha value is -1.71. The Balaban J connectivity index is 1.91. The molecule has 0 saturated heterocycles. The lowest BCUT2D eigenvalue weighted by molar-refractivity contribution is 0.0918. The predicted octanol–water partition coefficient (Wildman–Crippen LogP) is 3.06. The molecular weight excluding hydrogens is 252 g/mol. The largest absolute Gasteiger partial charge is 0.505 e. The number of rotatable bonds is 4. The van der Waals surface area contributed by atoms with E-state index in [1.807, 2.05) is 0 Å². The molecule has 4 nitrogen and oxygen atoms in total. The average Bonchev–Trinajstić information content (AvgIpc) is 2.44. The van der Waals surface area contributed by atoms with Gasteiger partial charge in [0.15, 0.2) is 5.75 Å². The number of anilines is 1. The number of carbonyl (C=O) groups excluding carboxylic acids is 1. The van der Waals surface area contributed by atoms with Crippen molar-refractivity contribution in [3.8, 4) is 5.75 Å². The summed E-state index contributed by atoms with van der Waals surface area (Å²) in [6, 6.07) is 5.09. The Morgan fingerprint density at radius 1 is 1.35 bits per heavy atom. The van der Waals surface area contributed by atoms with Crippen molar-refractivity contribution in [3.63, 3.8) is 0 Å². The Kier molecular flexibility index (Phi) is 4.88. The maximum atomic E-state index is 12.2. The van der Waals surface area contributed by atoms with Crippen molar-refractivity contribution in [2.75, 3.05) is 5.73 Å². The number of carbonyl (C=O) groups is 1. The fourth-order valence-corrected chi connectivity index (χ4v) is 3.01. The number of phenolic OH excluding ortho intramolecular Hbond substituents is 1. The molecule has 1 aromatic rings. The van der Waals surface area contributed by atoms with E-state index in [4.69, 9.17) is 5.73 Å². The number of hydrogen-bond acceptors (Lipinski definition) is 3. The minimum atomic E-state index is -0.228. The van der Waals surface area contributed by atoms with Gasteiger partial charge in [0.05, 0.1) is 11.3 Å². The molecule has 0 bridgehead atoms. The van der Waals surface area contributed by atoms with Crippen molar-refractivity contribution in [2.24, 2.45) is 5.92 Å². The van der Waals surface area contributed by atoms with E-state index in [-0.39, 0.29) is 28.9 Å². The van der Waals surface area contributed by atoms with Gasteiger partial charge in [0.25, 0.3) is 5.91 Å². The lowest BCUT2D eigenvalue weighted by atomic mass is 9.83. The van der Waals surface area contributed by atoms with Gasteiger partial charge in [0.2, 0.25) is 0 Å². The van der Waals surface area contributed by atoms with E-state index < -0.39 is 0 Å². The molecule has 0 aromatic heterocycles. The SMILES string of the molecule is CCCC1CCC(NC(=O)c2cccc(N)c2O)CC1. The van der Waals surface area contributed by atoms with E-state index in [2.05, 4.69) is 12.2 Å². The van der Waals surface area contributed by atoms with Crippen LogP contribution >= 0.6 is 0 Å². The van der Waals surface area contributed by atoms with Crippen molar-refractivity contribution >= 4 is 11.6 Å². The van der Waals surface area contributed by atoms with Gasteiger partial charge in [-0.05, 0) is 43.7 Å². The number of nitrogens with one attached hydrogen (secondary N) is 1. The molecule has 1 fully saturated rings. The molecule has 4 N–H and O–H groups in total. The van der Waals surface area contributed by atoms with E-state index in [1.165, 1.54) is 25.7 Å². The van der Waals surface area contributed by atoms with Crippen LogP contribution < -0.4 is 11.1 Å². The van der Waals surface area contributed by atoms with Crippen molar-refractivity contribution in [3.05, 3.63) is 23.8 Å². The number of aromatic hydroxyl groups is 1. The van der Waals surface area contributed by atoms with Crippen LogP contribution in [-0.4, -0.2) is 17.1 Å². The number of nitrogens with two attached hydrogens (primary N) is 1. The molecule has 4 heteroatoms. The number of para-hydroxylation sites is 1. The number of benzene rings is 1. The quantitative estimate of drug-likeness (QED) is 0.584. The Labute approximate surface area is 120 Å². The van der Waals surface area contributed by atoms with Gasteiger partial charge in [0, 0.05) is 6.04 Å². The van der Waals surface area contributed by atoms with Crippen molar-refractivity contribution < 1.29 is 9.90 Å². The smallest absolute Gasteiger partial charge is 0.255 e.